The Labute approximate surface area is 183 Å². The molecule has 0 aliphatic heterocycles. The second-order valence-corrected chi connectivity index (χ2v) is 6.26. The van der Waals surface area contributed by atoms with E-state index in [1.807, 2.05) is 48.7 Å². The quantitative estimate of drug-likeness (QED) is 0.217. The number of hydrogen-bond donors (Lipinski definition) is 2. The molecular weight excluding hydrogens is 465 g/mol. The lowest BCUT2D eigenvalue weighted by Crippen LogP contribution is -2.38. The summed E-state index contributed by atoms with van der Waals surface area (Å²) >= 11 is 0. The van der Waals surface area contributed by atoms with Crippen molar-refractivity contribution in [3.8, 4) is 5.75 Å². The molecule has 0 spiro atoms. The molecule has 3 rings (SSSR count). The Bertz CT molecular complexity index is 879. The van der Waals surface area contributed by atoms with E-state index in [1.165, 1.54) is 5.69 Å². The lowest BCUT2D eigenvalue weighted by molar-refractivity contribution is 0.311. The molecule has 0 saturated carbocycles. The molecule has 0 unspecified atom stereocenters. The Morgan fingerprint density at radius 3 is 2.68 bits per heavy atom. The first-order valence-corrected chi connectivity index (χ1v) is 9.40. The molecule has 0 saturated heterocycles. The number of guanidine groups is 1. The highest BCUT2D eigenvalue weighted by molar-refractivity contribution is 14.0. The van der Waals surface area contributed by atoms with Crippen molar-refractivity contribution in [2.24, 2.45) is 4.99 Å². The number of fused-ring (bicyclic) bond motifs is 1. The number of aliphatic imine (C=N–C) groups is 1. The molecule has 0 bridgehead atoms. The van der Waals surface area contributed by atoms with Crippen LogP contribution in [0.25, 0.3) is 5.65 Å². The van der Waals surface area contributed by atoms with Gasteiger partial charge in [0, 0.05) is 25.0 Å². The maximum atomic E-state index is 5.71. The summed E-state index contributed by atoms with van der Waals surface area (Å²) in [7, 11) is 0. The number of aryl methyl sites for hydroxylation is 1. The normalized spacial score (nSPS) is 11.1. The van der Waals surface area contributed by atoms with Crippen LogP contribution in [0.4, 0.5) is 0 Å². The zero-order chi connectivity index (χ0) is 18.9. The van der Waals surface area contributed by atoms with E-state index >= 15 is 0 Å². The van der Waals surface area contributed by atoms with E-state index in [0.717, 1.165) is 42.6 Å². The minimum atomic E-state index is 0. The molecule has 0 fully saturated rings. The van der Waals surface area contributed by atoms with Crippen molar-refractivity contribution in [2.45, 2.75) is 26.8 Å². The van der Waals surface area contributed by atoms with Crippen molar-refractivity contribution < 1.29 is 4.74 Å². The van der Waals surface area contributed by atoms with E-state index in [2.05, 4.69) is 44.9 Å². The van der Waals surface area contributed by atoms with Crippen LogP contribution in [0.5, 0.6) is 5.75 Å². The van der Waals surface area contributed by atoms with Crippen LogP contribution in [0.2, 0.25) is 0 Å². The first-order chi connectivity index (χ1) is 13.3. The average molecular weight is 493 g/mol. The van der Waals surface area contributed by atoms with Crippen LogP contribution >= 0.6 is 24.0 Å². The molecule has 2 aromatic heterocycles. The highest BCUT2D eigenvalue weighted by Gasteiger charge is 2.03. The van der Waals surface area contributed by atoms with Gasteiger partial charge in [-0.25, -0.2) is 9.98 Å². The molecule has 0 aliphatic rings. The minimum absolute atomic E-state index is 0. The van der Waals surface area contributed by atoms with E-state index in [-0.39, 0.29) is 24.0 Å². The predicted molar refractivity (Wildman–Crippen MR) is 125 cm³/mol. The largest absolute Gasteiger partial charge is 0.494 e. The lowest BCUT2D eigenvalue weighted by Gasteiger charge is -2.11. The molecule has 2 heterocycles. The van der Waals surface area contributed by atoms with Gasteiger partial charge in [0.25, 0.3) is 0 Å². The van der Waals surface area contributed by atoms with E-state index in [4.69, 9.17) is 4.74 Å². The standard InChI is InChI=1S/C21H27N5O.HI/c1-3-22-21(23-13-8-14-27-19-10-5-4-6-11-19)24-15-18-16-26-17(2)9-7-12-20(26)25-18;/h4-7,9-12,16H,3,8,13-15H2,1-2H3,(H2,22,23,24);1H. The fourth-order valence-electron chi connectivity index (χ4n) is 2.76. The number of ether oxygens (including phenoxy) is 1. The van der Waals surface area contributed by atoms with Crippen LogP contribution in [-0.4, -0.2) is 35.0 Å². The van der Waals surface area contributed by atoms with Gasteiger partial charge < -0.3 is 19.8 Å². The Hall–Kier alpha value is -2.29. The zero-order valence-electron chi connectivity index (χ0n) is 16.4. The van der Waals surface area contributed by atoms with Gasteiger partial charge in [0.2, 0.25) is 0 Å². The molecule has 2 N–H and O–H groups in total. The predicted octanol–water partition coefficient (Wildman–Crippen LogP) is 3.78. The van der Waals surface area contributed by atoms with Gasteiger partial charge >= 0.3 is 0 Å². The smallest absolute Gasteiger partial charge is 0.191 e. The number of halogens is 1. The molecule has 1 aromatic carbocycles. The summed E-state index contributed by atoms with van der Waals surface area (Å²) in [5.74, 6) is 1.70. The molecular formula is C21H28IN5O. The van der Waals surface area contributed by atoms with Gasteiger partial charge in [0.15, 0.2) is 5.96 Å². The fraction of sp³-hybridized carbons (Fsp3) is 0.333. The SMILES string of the molecule is CCNC(=NCc1cn2c(C)cccc2n1)NCCCOc1ccccc1.I. The number of pyridine rings is 1. The van der Waals surface area contributed by atoms with E-state index < -0.39 is 0 Å². The number of imidazole rings is 1. The monoisotopic (exact) mass is 493 g/mol. The summed E-state index contributed by atoms with van der Waals surface area (Å²) in [5.41, 5.74) is 3.07. The number of nitrogens with one attached hydrogen (secondary N) is 2. The van der Waals surface area contributed by atoms with Crippen molar-refractivity contribution in [1.82, 2.24) is 20.0 Å². The van der Waals surface area contributed by atoms with Gasteiger partial charge in [0.05, 0.1) is 18.8 Å². The van der Waals surface area contributed by atoms with Crippen molar-refractivity contribution in [1.29, 1.82) is 0 Å². The van der Waals surface area contributed by atoms with Crippen LogP contribution in [0.3, 0.4) is 0 Å². The van der Waals surface area contributed by atoms with Crippen molar-refractivity contribution >= 4 is 35.6 Å². The third kappa shape index (κ3) is 6.40. The number of para-hydroxylation sites is 1. The van der Waals surface area contributed by atoms with E-state index in [1.54, 1.807) is 0 Å². The topological polar surface area (TPSA) is 63.0 Å². The Balaban J connectivity index is 0.00000280. The molecule has 0 atom stereocenters. The summed E-state index contributed by atoms with van der Waals surface area (Å²) in [6.45, 7) is 6.95. The van der Waals surface area contributed by atoms with Crippen molar-refractivity contribution in [2.75, 3.05) is 19.7 Å². The average Bonchev–Trinajstić information content (AvgIpc) is 3.11. The highest BCUT2D eigenvalue weighted by Crippen LogP contribution is 2.09. The number of nitrogens with zero attached hydrogens (tertiary/aromatic N) is 3. The van der Waals surface area contributed by atoms with Crippen molar-refractivity contribution in [3.63, 3.8) is 0 Å². The number of rotatable bonds is 8. The number of hydrogen-bond acceptors (Lipinski definition) is 3. The maximum absolute atomic E-state index is 5.71. The Morgan fingerprint density at radius 2 is 1.93 bits per heavy atom. The van der Waals surface area contributed by atoms with Gasteiger partial charge in [-0.1, -0.05) is 24.3 Å². The second-order valence-electron chi connectivity index (χ2n) is 6.26. The molecule has 0 radical (unpaired) electrons. The van der Waals surface area contributed by atoms with Crippen molar-refractivity contribution in [3.05, 3.63) is 66.1 Å². The number of benzene rings is 1. The van der Waals surface area contributed by atoms with Gasteiger partial charge in [-0.15, -0.1) is 24.0 Å². The summed E-state index contributed by atoms with van der Waals surface area (Å²) < 4.78 is 7.80. The van der Waals surface area contributed by atoms with Gasteiger partial charge in [0.1, 0.15) is 11.4 Å². The van der Waals surface area contributed by atoms with Gasteiger partial charge in [-0.2, -0.15) is 0 Å². The molecule has 3 aromatic rings. The molecule has 6 nitrogen and oxygen atoms in total. The number of aromatic nitrogens is 2. The van der Waals surface area contributed by atoms with E-state index in [0.29, 0.717) is 13.2 Å². The lowest BCUT2D eigenvalue weighted by atomic mass is 10.3. The molecule has 7 heteroatoms. The Morgan fingerprint density at radius 1 is 1.11 bits per heavy atom. The van der Waals surface area contributed by atoms with Crippen LogP contribution in [0, 0.1) is 6.92 Å². The first-order valence-electron chi connectivity index (χ1n) is 9.40. The molecule has 28 heavy (non-hydrogen) atoms. The van der Waals surface area contributed by atoms with Crippen LogP contribution in [0.15, 0.2) is 59.7 Å². The van der Waals surface area contributed by atoms with E-state index in [9.17, 15) is 0 Å². The maximum Gasteiger partial charge on any atom is 0.191 e. The Kier molecular flexibility index (Phi) is 9.06. The molecule has 0 aliphatic carbocycles. The summed E-state index contributed by atoms with van der Waals surface area (Å²) in [5, 5.41) is 6.62. The molecule has 150 valence electrons. The first kappa shape index (κ1) is 22.0. The molecule has 0 amide bonds. The summed E-state index contributed by atoms with van der Waals surface area (Å²) in [6, 6.07) is 16.0. The fourth-order valence-corrected chi connectivity index (χ4v) is 2.76. The van der Waals surface area contributed by atoms with Gasteiger partial charge in [-0.05, 0) is 44.5 Å². The van der Waals surface area contributed by atoms with Crippen LogP contribution in [-0.2, 0) is 6.54 Å². The van der Waals surface area contributed by atoms with Crippen LogP contribution < -0.4 is 15.4 Å². The zero-order valence-corrected chi connectivity index (χ0v) is 18.7. The minimum Gasteiger partial charge on any atom is -0.494 e. The van der Waals surface area contributed by atoms with Crippen LogP contribution in [0.1, 0.15) is 24.7 Å². The summed E-state index contributed by atoms with van der Waals surface area (Å²) in [6.07, 6.45) is 2.94. The third-order valence-corrected chi connectivity index (χ3v) is 4.11. The summed E-state index contributed by atoms with van der Waals surface area (Å²) in [4.78, 5) is 9.27. The third-order valence-electron chi connectivity index (χ3n) is 4.11. The highest BCUT2D eigenvalue weighted by atomic mass is 127. The second kappa shape index (κ2) is 11.5. The van der Waals surface area contributed by atoms with Gasteiger partial charge in [-0.3, -0.25) is 0 Å².